The van der Waals surface area contributed by atoms with Crippen molar-refractivity contribution in [1.29, 1.82) is 0 Å². The minimum Gasteiger partial charge on any atom is -0.258 e. The Morgan fingerprint density at radius 2 is 0.895 bits per heavy atom. The molecule has 3 rings (SSSR count). The van der Waals surface area contributed by atoms with E-state index >= 15 is 0 Å². The smallest absolute Gasteiger partial charge is 0.258 e. The van der Waals surface area contributed by atoms with Crippen molar-refractivity contribution in [2.45, 2.75) is 9.79 Å². The van der Waals surface area contributed by atoms with E-state index in [0.717, 1.165) is 36.4 Å². The summed E-state index contributed by atoms with van der Waals surface area (Å²) < 4.78 is 53.2. The molecule has 20 nitrogen and oxygen atoms in total. The molecule has 1 aliphatic heterocycles. The maximum Gasteiger partial charge on any atom is 0.270 e. The molecule has 0 unspecified atom stereocenters. The second kappa shape index (κ2) is 10.4. The molecule has 0 radical (unpaired) electrons. The highest BCUT2D eigenvalue weighted by Gasteiger charge is 2.42. The van der Waals surface area contributed by atoms with Crippen LogP contribution in [-0.4, -0.2) is 82.0 Å². The number of nitro groups is 4. The lowest BCUT2D eigenvalue weighted by atomic mass is 10.3. The van der Waals surface area contributed by atoms with Gasteiger partial charge < -0.3 is 0 Å². The quantitative estimate of drug-likeness (QED) is 0.296. The third-order valence-electron chi connectivity index (χ3n) is 5.08. The predicted octanol–water partition coefficient (Wildman–Crippen LogP) is 0.0156. The van der Waals surface area contributed by atoms with Crippen molar-refractivity contribution in [3.63, 3.8) is 0 Å². The average Bonchev–Trinajstić information content (AvgIpc) is 2.83. The monoisotopic (exact) mass is 576 g/mol. The standard InChI is InChI=1S/C16H16N8O12S2/c25-21(26)13-3-1-5-15(7-13)37(33,34)19-9-17(23(29)30)11-20(12-18(10-19)24(31)32)38(35,36)16-6-2-4-14(8-16)22(27)28/h1-8H,9-12H2. The van der Waals surface area contributed by atoms with Gasteiger partial charge in [-0.15, -0.1) is 8.61 Å². The molecule has 204 valence electrons. The normalized spacial score (nSPS) is 15.9. The van der Waals surface area contributed by atoms with Crippen LogP contribution in [0.5, 0.6) is 0 Å². The molecule has 38 heavy (non-hydrogen) atoms. The third kappa shape index (κ3) is 5.72. The highest BCUT2D eigenvalue weighted by Crippen LogP contribution is 2.25. The van der Waals surface area contributed by atoms with Crippen LogP contribution in [-0.2, 0) is 20.0 Å². The van der Waals surface area contributed by atoms with E-state index in [1.807, 2.05) is 0 Å². The first-order chi connectivity index (χ1) is 17.6. The molecule has 0 atom stereocenters. The zero-order valence-corrected chi connectivity index (χ0v) is 20.4. The molecule has 1 aliphatic rings. The minimum atomic E-state index is -4.82. The molecule has 1 saturated heterocycles. The Labute approximate surface area is 212 Å². The van der Waals surface area contributed by atoms with Gasteiger partial charge in [-0.3, -0.25) is 20.2 Å². The first kappa shape index (κ1) is 28.0. The SMILES string of the molecule is O=[N+]([O-])c1cccc(S(=O)(=O)N2CN([N+](=O)[O-])CN(S(=O)(=O)c3cccc([N+](=O)[O-])c3)CN([N+](=O)[O-])C2)c1. The third-order valence-corrected chi connectivity index (χ3v) is 8.60. The summed E-state index contributed by atoms with van der Waals surface area (Å²) in [4.78, 5) is 42.3. The summed E-state index contributed by atoms with van der Waals surface area (Å²) in [7, 11) is -9.63. The van der Waals surface area contributed by atoms with Gasteiger partial charge in [-0.25, -0.2) is 37.1 Å². The van der Waals surface area contributed by atoms with Crippen LogP contribution >= 0.6 is 0 Å². The summed E-state index contributed by atoms with van der Waals surface area (Å²) in [5.74, 6) is 0. The van der Waals surface area contributed by atoms with E-state index in [1.54, 1.807) is 0 Å². The fourth-order valence-electron chi connectivity index (χ4n) is 3.23. The Kier molecular flexibility index (Phi) is 7.71. The lowest BCUT2D eigenvalue weighted by Gasteiger charge is -2.34. The van der Waals surface area contributed by atoms with Gasteiger partial charge in [0.15, 0.2) is 10.1 Å². The Morgan fingerprint density at radius 1 is 0.579 bits per heavy atom. The summed E-state index contributed by atoms with van der Waals surface area (Å²) in [6, 6.07) is 7.20. The van der Waals surface area contributed by atoms with Gasteiger partial charge in [-0.05, 0) is 12.1 Å². The molecule has 2 aromatic rings. The van der Waals surface area contributed by atoms with Crippen molar-refractivity contribution in [3.05, 3.63) is 89.0 Å². The molecule has 0 bridgehead atoms. The van der Waals surface area contributed by atoms with Gasteiger partial charge in [0.2, 0.25) is 20.0 Å². The lowest BCUT2D eigenvalue weighted by molar-refractivity contribution is -0.681. The van der Waals surface area contributed by atoms with Crippen LogP contribution in [0, 0.1) is 40.5 Å². The average molecular weight is 576 g/mol. The summed E-state index contributed by atoms with van der Waals surface area (Å²) >= 11 is 0. The molecule has 2 aromatic carbocycles. The van der Waals surface area contributed by atoms with E-state index in [-0.39, 0.29) is 18.6 Å². The van der Waals surface area contributed by atoms with Crippen LogP contribution in [0.25, 0.3) is 0 Å². The van der Waals surface area contributed by atoms with E-state index in [0.29, 0.717) is 12.1 Å². The molecular weight excluding hydrogens is 560 g/mol. The van der Waals surface area contributed by atoms with Gasteiger partial charge in [-0.1, -0.05) is 22.2 Å². The fourth-order valence-corrected chi connectivity index (χ4v) is 6.01. The minimum absolute atomic E-state index is 0.126. The molecule has 0 spiro atoms. The topological polar surface area (TPSA) is 254 Å². The Bertz CT molecular complexity index is 1390. The molecule has 0 aliphatic carbocycles. The predicted molar refractivity (Wildman–Crippen MR) is 121 cm³/mol. The first-order valence-corrected chi connectivity index (χ1v) is 12.8. The number of hydrogen-bond donors (Lipinski definition) is 0. The number of hydrazine groups is 2. The molecule has 0 aromatic heterocycles. The van der Waals surface area contributed by atoms with Gasteiger partial charge in [0.1, 0.15) is 26.7 Å². The summed E-state index contributed by atoms with van der Waals surface area (Å²) in [5, 5.41) is 43.5. The van der Waals surface area contributed by atoms with Crippen molar-refractivity contribution in [3.8, 4) is 0 Å². The highest BCUT2D eigenvalue weighted by molar-refractivity contribution is 7.89. The largest absolute Gasteiger partial charge is 0.270 e. The van der Waals surface area contributed by atoms with Crippen LogP contribution < -0.4 is 0 Å². The summed E-state index contributed by atoms with van der Waals surface area (Å²) in [6.07, 6.45) is 0. The molecule has 22 heteroatoms. The molecule has 1 heterocycles. The van der Waals surface area contributed by atoms with E-state index in [1.165, 1.54) is 0 Å². The highest BCUT2D eigenvalue weighted by atomic mass is 32.2. The number of nitrogens with zero attached hydrogens (tertiary/aromatic N) is 8. The van der Waals surface area contributed by atoms with Crippen molar-refractivity contribution in [2.75, 3.05) is 26.7 Å². The van der Waals surface area contributed by atoms with E-state index < -0.39 is 87.8 Å². The lowest BCUT2D eigenvalue weighted by Crippen LogP contribution is -2.59. The number of sulfonamides is 2. The fraction of sp³-hybridized carbons (Fsp3) is 0.250. The van der Waals surface area contributed by atoms with Crippen LogP contribution in [0.15, 0.2) is 58.3 Å². The number of benzene rings is 2. The molecule has 0 saturated carbocycles. The molecule has 0 amide bonds. The first-order valence-electron chi connectivity index (χ1n) is 9.92. The van der Waals surface area contributed by atoms with Crippen LogP contribution in [0.2, 0.25) is 0 Å². The van der Waals surface area contributed by atoms with Crippen molar-refractivity contribution >= 4 is 31.4 Å². The maximum absolute atomic E-state index is 13.2. The zero-order chi connectivity index (χ0) is 28.4. The maximum atomic E-state index is 13.2. The van der Waals surface area contributed by atoms with Gasteiger partial charge in [0.05, 0.1) is 19.6 Å². The second-order valence-electron chi connectivity index (χ2n) is 7.48. The van der Waals surface area contributed by atoms with Gasteiger partial charge in [0.25, 0.3) is 11.4 Å². The Balaban J connectivity index is 2.05. The van der Waals surface area contributed by atoms with Gasteiger partial charge in [0, 0.05) is 24.3 Å². The molecular formula is C16H16N8O12S2. The summed E-state index contributed by atoms with van der Waals surface area (Å²) in [6.45, 7) is -4.82. The van der Waals surface area contributed by atoms with E-state index in [9.17, 15) is 57.3 Å². The number of nitro benzene ring substituents is 2. The molecule has 0 N–H and O–H groups in total. The van der Waals surface area contributed by atoms with Crippen molar-refractivity contribution in [1.82, 2.24) is 18.6 Å². The van der Waals surface area contributed by atoms with E-state index in [4.69, 9.17) is 0 Å². The van der Waals surface area contributed by atoms with Crippen molar-refractivity contribution in [2.24, 2.45) is 0 Å². The Hall–Kier alpha value is -4.54. The Morgan fingerprint density at radius 3 is 1.16 bits per heavy atom. The van der Waals surface area contributed by atoms with Crippen LogP contribution in [0.4, 0.5) is 11.4 Å². The van der Waals surface area contributed by atoms with Crippen LogP contribution in [0.3, 0.4) is 0 Å². The van der Waals surface area contributed by atoms with Gasteiger partial charge >= 0.3 is 0 Å². The van der Waals surface area contributed by atoms with Crippen molar-refractivity contribution < 1.29 is 36.7 Å². The number of rotatable bonds is 8. The van der Waals surface area contributed by atoms with Crippen LogP contribution in [0.1, 0.15) is 0 Å². The number of hydrogen-bond acceptors (Lipinski definition) is 12. The second-order valence-corrected chi connectivity index (χ2v) is 11.4. The van der Waals surface area contributed by atoms with Gasteiger partial charge in [-0.2, -0.15) is 0 Å². The number of non-ortho nitro benzene ring substituents is 2. The van der Waals surface area contributed by atoms with E-state index in [2.05, 4.69) is 0 Å². The summed E-state index contributed by atoms with van der Waals surface area (Å²) in [5.41, 5.74) is -1.27. The molecule has 1 fully saturated rings. The zero-order valence-electron chi connectivity index (χ0n) is 18.7.